The summed E-state index contributed by atoms with van der Waals surface area (Å²) in [6, 6.07) is 14.8. The first-order chi connectivity index (χ1) is 11.7. The first kappa shape index (κ1) is 15.2. The molecule has 0 spiro atoms. The number of nitrogens with zero attached hydrogens (tertiary/aromatic N) is 2. The van der Waals surface area contributed by atoms with E-state index in [0.717, 1.165) is 35.6 Å². The van der Waals surface area contributed by atoms with Crippen LogP contribution in [-0.2, 0) is 5.60 Å². The lowest BCUT2D eigenvalue weighted by Crippen LogP contribution is -2.42. The van der Waals surface area contributed by atoms with Crippen LogP contribution in [-0.4, -0.2) is 26.3 Å². The Balaban J connectivity index is 1.52. The molecule has 4 rings (SSSR count). The third-order valence-corrected chi connectivity index (χ3v) is 5.12. The number of hydrogen-bond donors (Lipinski definition) is 2. The van der Waals surface area contributed by atoms with Gasteiger partial charge in [0.15, 0.2) is 0 Å². The smallest absolute Gasteiger partial charge is 0.251 e. The van der Waals surface area contributed by atoms with Crippen molar-refractivity contribution in [2.75, 3.05) is 6.54 Å². The lowest BCUT2D eigenvalue weighted by molar-refractivity contribution is 0.0135. The highest BCUT2D eigenvalue weighted by Crippen LogP contribution is 2.45. The van der Waals surface area contributed by atoms with Crippen LogP contribution in [0.15, 0.2) is 48.5 Å². The molecule has 1 fully saturated rings. The van der Waals surface area contributed by atoms with Gasteiger partial charge >= 0.3 is 0 Å². The van der Waals surface area contributed by atoms with Gasteiger partial charge in [-0.2, -0.15) is 8.75 Å². The third-order valence-electron chi connectivity index (χ3n) is 4.56. The van der Waals surface area contributed by atoms with Crippen molar-refractivity contribution in [1.82, 2.24) is 14.1 Å². The van der Waals surface area contributed by atoms with E-state index in [-0.39, 0.29) is 18.4 Å². The van der Waals surface area contributed by atoms with Crippen molar-refractivity contribution >= 4 is 28.7 Å². The standard InChI is InChI=1S/C18H17N3O2S/c22-17(12-6-9-15-16(10-12)21-24-20-15)19-11-18(23,14-7-8-14)13-4-2-1-3-5-13/h1-6,9-10,14,23H,7-8,11H2,(H,19,22)/t18-/m1/s1. The molecule has 1 atom stereocenters. The van der Waals surface area contributed by atoms with Gasteiger partial charge in [0.1, 0.15) is 16.6 Å². The number of rotatable bonds is 5. The molecule has 1 amide bonds. The summed E-state index contributed by atoms with van der Waals surface area (Å²) in [6.45, 7) is 0.202. The monoisotopic (exact) mass is 339 g/mol. The summed E-state index contributed by atoms with van der Waals surface area (Å²) in [6.07, 6.45) is 1.97. The summed E-state index contributed by atoms with van der Waals surface area (Å²) in [5, 5.41) is 14.0. The Kier molecular flexibility index (Phi) is 3.78. The Morgan fingerprint density at radius 3 is 2.67 bits per heavy atom. The van der Waals surface area contributed by atoms with Gasteiger partial charge in [-0.1, -0.05) is 30.3 Å². The minimum atomic E-state index is -1.01. The zero-order valence-corrected chi connectivity index (χ0v) is 13.8. The number of carbonyl (C=O) groups is 1. The largest absolute Gasteiger partial charge is 0.383 e. The van der Waals surface area contributed by atoms with Crippen molar-refractivity contribution in [3.63, 3.8) is 0 Å². The Morgan fingerprint density at radius 2 is 1.92 bits per heavy atom. The molecule has 2 N–H and O–H groups in total. The predicted molar refractivity (Wildman–Crippen MR) is 92.8 cm³/mol. The van der Waals surface area contributed by atoms with E-state index in [0.29, 0.717) is 11.1 Å². The van der Waals surface area contributed by atoms with Crippen molar-refractivity contribution in [2.24, 2.45) is 5.92 Å². The molecule has 24 heavy (non-hydrogen) atoms. The van der Waals surface area contributed by atoms with Crippen LogP contribution in [0.2, 0.25) is 0 Å². The molecular weight excluding hydrogens is 322 g/mol. The van der Waals surface area contributed by atoms with E-state index in [1.54, 1.807) is 18.2 Å². The van der Waals surface area contributed by atoms with E-state index >= 15 is 0 Å². The van der Waals surface area contributed by atoms with Crippen molar-refractivity contribution in [1.29, 1.82) is 0 Å². The maximum Gasteiger partial charge on any atom is 0.251 e. The molecule has 0 unspecified atom stereocenters. The van der Waals surface area contributed by atoms with Crippen LogP contribution in [0.4, 0.5) is 0 Å². The SMILES string of the molecule is O=C(NC[C@@](O)(c1ccccc1)C1CC1)c1ccc2nsnc2c1. The summed E-state index contributed by atoms with van der Waals surface area (Å²) in [7, 11) is 0. The number of aliphatic hydroxyl groups is 1. The van der Waals surface area contributed by atoms with Crippen LogP contribution in [0.1, 0.15) is 28.8 Å². The number of benzene rings is 2. The second-order valence-electron chi connectivity index (χ2n) is 6.21. The lowest BCUT2D eigenvalue weighted by atomic mass is 9.88. The second-order valence-corrected chi connectivity index (χ2v) is 6.74. The normalized spacial score (nSPS) is 16.7. The fourth-order valence-corrected chi connectivity index (χ4v) is 3.53. The Bertz CT molecular complexity index is 876. The molecule has 0 bridgehead atoms. The van der Waals surface area contributed by atoms with E-state index in [1.807, 2.05) is 30.3 Å². The van der Waals surface area contributed by atoms with E-state index in [9.17, 15) is 9.90 Å². The molecule has 1 saturated carbocycles. The third kappa shape index (κ3) is 2.79. The number of hydrogen-bond acceptors (Lipinski definition) is 5. The molecule has 6 heteroatoms. The number of fused-ring (bicyclic) bond motifs is 1. The highest BCUT2D eigenvalue weighted by atomic mass is 32.1. The average molecular weight is 339 g/mol. The minimum Gasteiger partial charge on any atom is -0.383 e. The molecule has 1 aliphatic rings. The van der Waals surface area contributed by atoms with Gasteiger partial charge in [0.2, 0.25) is 0 Å². The van der Waals surface area contributed by atoms with Gasteiger partial charge in [0.25, 0.3) is 5.91 Å². The molecule has 122 valence electrons. The molecule has 3 aromatic rings. The number of nitrogens with one attached hydrogen (secondary N) is 1. The van der Waals surface area contributed by atoms with Gasteiger partial charge in [0.05, 0.1) is 18.3 Å². The molecule has 0 radical (unpaired) electrons. The lowest BCUT2D eigenvalue weighted by Gasteiger charge is -2.29. The summed E-state index contributed by atoms with van der Waals surface area (Å²) >= 11 is 1.13. The quantitative estimate of drug-likeness (QED) is 0.749. The van der Waals surface area contributed by atoms with Gasteiger partial charge in [-0.15, -0.1) is 0 Å². The summed E-state index contributed by atoms with van der Waals surface area (Å²) < 4.78 is 8.29. The molecule has 1 aromatic heterocycles. The molecule has 0 aliphatic heterocycles. The predicted octanol–water partition coefficient (Wildman–Crippen LogP) is 2.72. The maximum absolute atomic E-state index is 12.5. The fraction of sp³-hybridized carbons (Fsp3) is 0.278. The van der Waals surface area contributed by atoms with Crippen molar-refractivity contribution in [3.05, 3.63) is 59.7 Å². The van der Waals surface area contributed by atoms with Gasteiger partial charge < -0.3 is 10.4 Å². The topological polar surface area (TPSA) is 75.1 Å². The zero-order valence-electron chi connectivity index (χ0n) is 13.0. The van der Waals surface area contributed by atoms with Crippen molar-refractivity contribution in [2.45, 2.75) is 18.4 Å². The maximum atomic E-state index is 12.5. The van der Waals surface area contributed by atoms with Crippen molar-refractivity contribution < 1.29 is 9.90 Å². The van der Waals surface area contributed by atoms with Crippen LogP contribution < -0.4 is 5.32 Å². The van der Waals surface area contributed by atoms with Crippen LogP contribution >= 0.6 is 11.7 Å². The highest BCUT2D eigenvalue weighted by molar-refractivity contribution is 7.00. The molecule has 1 aliphatic carbocycles. The van der Waals surface area contributed by atoms with Gasteiger partial charge in [-0.05, 0) is 42.5 Å². The second kappa shape index (κ2) is 5.96. The Hall–Kier alpha value is -2.31. The summed E-state index contributed by atoms with van der Waals surface area (Å²) in [5.41, 5.74) is 1.88. The molecular formula is C18H17N3O2S. The number of amides is 1. The van der Waals surface area contributed by atoms with E-state index in [1.165, 1.54) is 0 Å². The summed E-state index contributed by atoms with van der Waals surface area (Å²) in [4.78, 5) is 12.5. The zero-order chi connectivity index (χ0) is 16.6. The molecule has 1 heterocycles. The Labute approximate surface area is 143 Å². The molecule has 5 nitrogen and oxygen atoms in total. The van der Waals surface area contributed by atoms with Gasteiger partial charge in [-0.25, -0.2) is 0 Å². The van der Waals surface area contributed by atoms with E-state index in [4.69, 9.17) is 0 Å². The molecule has 0 saturated heterocycles. The van der Waals surface area contributed by atoms with E-state index in [2.05, 4.69) is 14.1 Å². The highest BCUT2D eigenvalue weighted by Gasteiger charge is 2.45. The van der Waals surface area contributed by atoms with Crippen molar-refractivity contribution in [3.8, 4) is 0 Å². The van der Waals surface area contributed by atoms with Crippen LogP contribution in [0, 0.1) is 5.92 Å². The van der Waals surface area contributed by atoms with Crippen LogP contribution in [0.5, 0.6) is 0 Å². The van der Waals surface area contributed by atoms with Gasteiger partial charge in [0, 0.05) is 5.56 Å². The minimum absolute atomic E-state index is 0.199. The molecule has 2 aromatic carbocycles. The van der Waals surface area contributed by atoms with E-state index < -0.39 is 5.60 Å². The average Bonchev–Trinajstić information content (AvgIpc) is 3.38. The van der Waals surface area contributed by atoms with Crippen LogP contribution in [0.3, 0.4) is 0 Å². The first-order valence-electron chi connectivity index (χ1n) is 7.95. The van der Waals surface area contributed by atoms with Crippen LogP contribution in [0.25, 0.3) is 11.0 Å². The number of carbonyl (C=O) groups excluding carboxylic acids is 1. The Morgan fingerprint density at radius 1 is 1.17 bits per heavy atom. The first-order valence-corrected chi connectivity index (χ1v) is 8.68. The number of aromatic nitrogens is 2. The fourth-order valence-electron chi connectivity index (χ4n) is 3.01. The summed E-state index contributed by atoms with van der Waals surface area (Å²) in [5.74, 6) is -0.00896. The van der Waals surface area contributed by atoms with Gasteiger partial charge in [-0.3, -0.25) is 4.79 Å².